The summed E-state index contributed by atoms with van der Waals surface area (Å²) in [4.78, 5) is 2.33. The molecule has 0 aromatic heterocycles. The van der Waals surface area contributed by atoms with E-state index in [1.54, 1.807) is 0 Å². The Kier molecular flexibility index (Phi) is 3.34. The van der Waals surface area contributed by atoms with Crippen molar-refractivity contribution in [1.29, 1.82) is 0 Å². The van der Waals surface area contributed by atoms with Crippen molar-refractivity contribution in [2.75, 3.05) is 19.6 Å². The van der Waals surface area contributed by atoms with Gasteiger partial charge in [-0.2, -0.15) is 0 Å². The van der Waals surface area contributed by atoms with E-state index in [2.05, 4.69) is 17.0 Å². The Morgan fingerprint density at radius 1 is 1.75 bits per heavy atom. The first-order valence-corrected chi connectivity index (χ1v) is 4.47. The molecule has 0 aliphatic carbocycles. The second-order valence-corrected chi connectivity index (χ2v) is 3.26. The van der Waals surface area contributed by atoms with Crippen LogP contribution in [0.4, 0.5) is 0 Å². The molecule has 4 nitrogen and oxygen atoms in total. The Morgan fingerprint density at radius 2 is 2.50 bits per heavy atom. The third kappa shape index (κ3) is 2.11. The molecule has 12 heavy (non-hydrogen) atoms. The standard InChI is InChI=1S/C8H17N3O/c1-2-11-5-3-4-7(6-11)8(9)10-12/h7,12H,2-6H2,1H3,(H2,9,10). The molecule has 1 fully saturated rings. The molecule has 1 aliphatic heterocycles. The summed E-state index contributed by atoms with van der Waals surface area (Å²) in [5.41, 5.74) is 5.54. The number of piperidine rings is 1. The van der Waals surface area contributed by atoms with Gasteiger partial charge in [0.25, 0.3) is 0 Å². The molecular weight excluding hydrogens is 154 g/mol. The van der Waals surface area contributed by atoms with E-state index in [9.17, 15) is 0 Å². The predicted octanol–water partition coefficient (Wildman–Crippen LogP) is 0.465. The van der Waals surface area contributed by atoms with Gasteiger partial charge in [-0.15, -0.1) is 0 Å². The van der Waals surface area contributed by atoms with Crippen molar-refractivity contribution in [3.63, 3.8) is 0 Å². The molecular formula is C8H17N3O. The van der Waals surface area contributed by atoms with Crippen LogP contribution in [0, 0.1) is 5.92 Å². The van der Waals surface area contributed by atoms with Gasteiger partial charge in [0.15, 0.2) is 0 Å². The first-order valence-electron chi connectivity index (χ1n) is 4.47. The Balaban J connectivity index is 2.45. The van der Waals surface area contributed by atoms with Crippen LogP contribution in [0.5, 0.6) is 0 Å². The molecule has 0 spiro atoms. The molecule has 1 heterocycles. The molecule has 4 heteroatoms. The van der Waals surface area contributed by atoms with Crippen molar-refractivity contribution in [2.45, 2.75) is 19.8 Å². The lowest BCUT2D eigenvalue weighted by Gasteiger charge is -2.30. The second kappa shape index (κ2) is 4.30. The lowest BCUT2D eigenvalue weighted by atomic mass is 9.97. The Morgan fingerprint density at radius 3 is 3.08 bits per heavy atom. The van der Waals surface area contributed by atoms with Gasteiger partial charge in [0.05, 0.1) is 0 Å². The Bertz CT molecular complexity index is 170. The van der Waals surface area contributed by atoms with Crippen LogP contribution in [0.3, 0.4) is 0 Å². The SMILES string of the molecule is CCN1CCCC(/C(N)=N/O)C1. The third-order valence-electron chi connectivity index (χ3n) is 2.49. The minimum Gasteiger partial charge on any atom is -0.409 e. The van der Waals surface area contributed by atoms with Crippen LogP contribution in [0.15, 0.2) is 5.16 Å². The van der Waals surface area contributed by atoms with E-state index in [0.29, 0.717) is 5.84 Å². The predicted molar refractivity (Wildman–Crippen MR) is 48.2 cm³/mol. The maximum Gasteiger partial charge on any atom is 0.143 e. The molecule has 0 aromatic rings. The second-order valence-electron chi connectivity index (χ2n) is 3.26. The van der Waals surface area contributed by atoms with Crippen molar-refractivity contribution in [1.82, 2.24) is 4.90 Å². The number of hydrogen-bond acceptors (Lipinski definition) is 3. The smallest absolute Gasteiger partial charge is 0.143 e. The summed E-state index contributed by atoms with van der Waals surface area (Å²) >= 11 is 0. The van der Waals surface area contributed by atoms with E-state index in [1.165, 1.54) is 0 Å². The van der Waals surface area contributed by atoms with Gasteiger partial charge >= 0.3 is 0 Å². The monoisotopic (exact) mass is 171 g/mol. The van der Waals surface area contributed by atoms with Crippen molar-refractivity contribution in [3.05, 3.63) is 0 Å². The molecule has 3 N–H and O–H groups in total. The van der Waals surface area contributed by atoms with E-state index in [-0.39, 0.29) is 5.92 Å². The summed E-state index contributed by atoms with van der Waals surface area (Å²) in [6.45, 7) is 5.27. The van der Waals surface area contributed by atoms with Crippen LogP contribution in [0.2, 0.25) is 0 Å². The highest BCUT2D eigenvalue weighted by Crippen LogP contribution is 2.15. The Hall–Kier alpha value is -0.770. The van der Waals surface area contributed by atoms with E-state index < -0.39 is 0 Å². The maximum absolute atomic E-state index is 8.49. The number of rotatable bonds is 2. The van der Waals surface area contributed by atoms with Crippen molar-refractivity contribution >= 4 is 5.84 Å². The lowest BCUT2D eigenvalue weighted by Crippen LogP contribution is -2.41. The number of hydrogen-bond donors (Lipinski definition) is 2. The average Bonchev–Trinajstić information content (AvgIpc) is 2.17. The number of nitrogens with two attached hydrogens (primary N) is 1. The van der Waals surface area contributed by atoms with Crippen LogP contribution < -0.4 is 5.73 Å². The highest BCUT2D eigenvalue weighted by Gasteiger charge is 2.21. The quantitative estimate of drug-likeness (QED) is 0.275. The van der Waals surface area contributed by atoms with Gasteiger partial charge in [-0.3, -0.25) is 0 Å². The van der Waals surface area contributed by atoms with Gasteiger partial charge in [0.1, 0.15) is 5.84 Å². The van der Waals surface area contributed by atoms with Crippen LogP contribution >= 0.6 is 0 Å². The lowest BCUT2D eigenvalue weighted by molar-refractivity contribution is 0.209. The summed E-state index contributed by atoms with van der Waals surface area (Å²) in [5, 5.41) is 11.5. The van der Waals surface area contributed by atoms with Crippen molar-refractivity contribution < 1.29 is 5.21 Å². The van der Waals surface area contributed by atoms with E-state index in [1.807, 2.05) is 0 Å². The number of nitrogens with zero attached hydrogens (tertiary/aromatic N) is 2. The molecule has 1 aliphatic rings. The van der Waals surface area contributed by atoms with Crippen LogP contribution in [0.25, 0.3) is 0 Å². The highest BCUT2D eigenvalue weighted by molar-refractivity contribution is 5.82. The zero-order valence-corrected chi connectivity index (χ0v) is 7.53. The number of oxime groups is 1. The third-order valence-corrected chi connectivity index (χ3v) is 2.49. The van der Waals surface area contributed by atoms with E-state index in [4.69, 9.17) is 10.9 Å². The molecule has 0 radical (unpaired) electrons. The van der Waals surface area contributed by atoms with Gasteiger partial charge in [-0.25, -0.2) is 0 Å². The molecule has 0 bridgehead atoms. The molecule has 0 amide bonds. The molecule has 0 aromatic carbocycles. The molecule has 0 saturated carbocycles. The van der Waals surface area contributed by atoms with Crippen LogP contribution in [-0.4, -0.2) is 35.6 Å². The summed E-state index contributed by atoms with van der Waals surface area (Å²) in [7, 11) is 0. The van der Waals surface area contributed by atoms with Gasteiger partial charge in [-0.05, 0) is 25.9 Å². The summed E-state index contributed by atoms with van der Waals surface area (Å²) in [6, 6.07) is 0. The number of likely N-dealkylation sites (tertiary alicyclic amines) is 1. The Labute approximate surface area is 73.0 Å². The summed E-state index contributed by atoms with van der Waals surface area (Å²) in [5.74, 6) is 0.636. The summed E-state index contributed by atoms with van der Waals surface area (Å²) in [6.07, 6.45) is 2.20. The minimum absolute atomic E-state index is 0.253. The molecule has 1 rings (SSSR count). The first kappa shape index (κ1) is 9.32. The topological polar surface area (TPSA) is 61.8 Å². The molecule has 1 unspecified atom stereocenters. The van der Waals surface area contributed by atoms with E-state index in [0.717, 1.165) is 32.5 Å². The molecule has 70 valence electrons. The normalized spacial score (nSPS) is 27.4. The minimum atomic E-state index is 0.253. The molecule has 1 saturated heterocycles. The number of amidine groups is 1. The van der Waals surface area contributed by atoms with E-state index >= 15 is 0 Å². The van der Waals surface area contributed by atoms with Gasteiger partial charge in [0.2, 0.25) is 0 Å². The van der Waals surface area contributed by atoms with Gasteiger partial charge in [-0.1, -0.05) is 12.1 Å². The van der Waals surface area contributed by atoms with Crippen LogP contribution in [-0.2, 0) is 0 Å². The maximum atomic E-state index is 8.49. The first-order chi connectivity index (χ1) is 5.77. The largest absolute Gasteiger partial charge is 0.409 e. The fourth-order valence-corrected chi connectivity index (χ4v) is 1.67. The average molecular weight is 171 g/mol. The zero-order valence-electron chi connectivity index (χ0n) is 7.53. The summed E-state index contributed by atoms with van der Waals surface area (Å²) < 4.78 is 0. The fourth-order valence-electron chi connectivity index (χ4n) is 1.67. The highest BCUT2D eigenvalue weighted by atomic mass is 16.4. The fraction of sp³-hybridized carbons (Fsp3) is 0.875. The van der Waals surface area contributed by atoms with Crippen LogP contribution in [0.1, 0.15) is 19.8 Å². The zero-order chi connectivity index (χ0) is 8.97. The van der Waals surface area contributed by atoms with Crippen molar-refractivity contribution in [2.24, 2.45) is 16.8 Å². The molecule has 1 atom stereocenters. The van der Waals surface area contributed by atoms with Gasteiger partial charge in [0, 0.05) is 12.5 Å². The van der Waals surface area contributed by atoms with Gasteiger partial charge < -0.3 is 15.8 Å². The van der Waals surface area contributed by atoms with Crippen molar-refractivity contribution in [3.8, 4) is 0 Å².